The van der Waals surface area contributed by atoms with Gasteiger partial charge in [0, 0.05) is 6.07 Å². The van der Waals surface area contributed by atoms with Crippen molar-refractivity contribution >= 4 is 18.4 Å². The summed E-state index contributed by atoms with van der Waals surface area (Å²) in [4.78, 5) is 4.31. The summed E-state index contributed by atoms with van der Waals surface area (Å²) in [6, 6.07) is 3.45. The van der Waals surface area contributed by atoms with Crippen molar-refractivity contribution in [3.05, 3.63) is 12.1 Å². The molecule has 0 aliphatic carbocycles. The van der Waals surface area contributed by atoms with Crippen LogP contribution in [0.25, 0.3) is 0 Å². The van der Waals surface area contributed by atoms with Crippen LogP contribution in [0, 0.1) is 0 Å². The molecule has 1 fully saturated rings. The molecule has 1 saturated heterocycles. The van der Waals surface area contributed by atoms with Crippen LogP contribution in [0.2, 0.25) is 0 Å². The van der Waals surface area contributed by atoms with E-state index in [1.54, 1.807) is 19.2 Å². The van der Waals surface area contributed by atoms with Gasteiger partial charge in [-0.05, 0) is 33.8 Å². The molecule has 1 aliphatic heterocycles. The maximum absolute atomic E-state index is 5.92. The van der Waals surface area contributed by atoms with Crippen molar-refractivity contribution in [2.45, 2.75) is 38.9 Å². The minimum atomic E-state index is -0.565. The first kappa shape index (κ1) is 13.2. The number of aromatic nitrogens is 1. The highest BCUT2D eigenvalue weighted by molar-refractivity contribution is 6.62. The quantitative estimate of drug-likeness (QED) is 0.792. The van der Waals surface area contributed by atoms with Gasteiger partial charge in [0.2, 0.25) is 5.88 Å². The van der Waals surface area contributed by atoms with Crippen molar-refractivity contribution in [2.75, 3.05) is 12.8 Å². The molecule has 0 aromatic carbocycles. The van der Waals surface area contributed by atoms with Gasteiger partial charge in [-0.15, -0.1) is 0 Å². The van der Waals surface area contributed by atoms with Gasteiger partial charge in [-0.1, -0.05) is 0 Å². The van der Waals surface area contributed by atoms with Gasteiger partial charge < -0.3 is 19.8 Å². The molecule has 1 aromatic rings. The molecule has 0 atom stereocenters. The average Bonchev–Trinajstić information content (AvgIpc) is 2.48. The van der Waals surface area contributed by atoms with Gasteiger partial charge >= 0.3 is 7.12 Å². The Morgan fingerprint density at radius 2 is 1.72 bits per heavy atom. The molecule has 1 aliphatic rings. The van der Waals surface area contributed by atoms with E-state index in [9.17, 15) is 0 Å². The first-order chi connectivity index (χ1) is 8.27. The molecule has 2 N–H and O–H groups in total. The van der Waals surface area contributed by atoms with Gasteiger partial charge in [-0.2, -0.15) is 0 Å². The highest BCUT2D eigenvalue weighted by atomic mass is 16.7. The zero-order chi connectivity index (χ0) is 13.6. The van der Waals surface area contributed by atoms with Crippen molar-refractivity contribution in [1.82, 2.24) is 4.98 Å². The highest BCUT2D eigenvalue weighted by Crippen LogP contribution is 2.36. The summed E-state index contributed by atoms with van der Waals surface area (Å²) in [6.45, 7) is 7.96. The zero-order valence-electron chi connectivity index (χ0n) is 11.5. The van der Waals surface area contributed by atoms with Crippen LogP contribution < -0.4 is 16.1 Å². The van der Waals surface area contributed by atoms with E-state index in [-0.39, 0.29) is 0 Å². The van der Waals surface area contributed by atoms with E-state index in [2.05, 4.69) is 4.98 Å². The number of anilines is 1. The number of nitrogen functional groups attached to an aromatic ring is 1. The lowest BCUT2D eigenvalue weighted by molar-refractivity contribution is 0.00578. The molecule has 2 rings (SSSR count). The van der Waals surface area contributed by atoms with Crippen LogP contribution in [0.15, 0.2) is 12.1 Å². The predicted molar refractivity (Wildman–Crippen MR) is 70.9 cm³/mol. The third-order valence-corrected chi connectivity index (χ3v) is 3.62. The van der Waals surface area contributed by atoms with E-state index in [0.29, 0.717) is 17.2 Å². The van der Waals surface area contributed by atoms with Gasteiger partial charge in [0.1, 0.15) is 0 Å². The molecule has 98 valence electrons. The molecule has 0 spiro atoms. The molecule has 6 heteroatoms. The highest BCUT2D eigenvalue weighted by Gasteiger charge is 2.53. The minimum Gasteiger partial charge on any atom is -0.481 e. The Bertz CT molecular complexity index is 447. The van der Waals surface area contributed by atoms with Crippen LogP contribution in [-0.2, 0) is 9.31 Å². The zero-order valence-corrected chi connectivity index (χ0v) is 11.5. The molecule has 1 aromatic heterocycles. The molecule has 2 heterocycles. The normalized spacial score (nSPS) is 21.1. The van der Waals surface area contributed by atoms with Gasteiger partial charge in [0.15, 0.2) is 0 Å². The largest absolute Gasteiger partial charge is 0.516 e. The number of pyridine rings is 1. The van der Waals surface area contributed by atoms with Crippen molar-refractivity contribution in [3.8, 4) is 5.88 Å². The molecule has 0 amide bonds. The molecule has 0 unspecified atom stereocenters. The Morgan fingerprint density at radius 3 is 2.22 bits per heavy atom. The first-order valence-corrected chi connectivity index (χ1v) is 5.93. The monoisotopic (exact) mass is 250 g/mol. The van der Waals surface area contributed by atoms with Gasteiger partial charge in [0.05, 0.1) is 29.6 Å². The number of nitrogens with zero attached hydrogens (tertiary/aromatic N) is 1. The summed E-state index contributed by atoms with van der Waals surface area (Å²) < 4.78 is 16.9. The van der Waals surface area contributed by atoms with E-state index in [1.807, 2.05) is 27.7 Å². The summed E-state index contributed by atoms with van der Waals surface area (Å²) in [5.74, 6) is 0.494. The lowest BCUT2D eigenvalue weighted by Crippen LogP contribution is -2.41. The molecular formula is C12H19BN2O3. The summed E-state index contributed by atoms with van der Waals surface area (Å²) in [5, 5.41) is 0. The Balaban J connectivity index is 2.34. The SMILES string of the molecule is COc1ccc(N)c(B2OC(C)(C)C(C)(C)O2)n1. The standard InChI is InChI=1S/C12H19BN2O3/c1-11(2)12(3,4)18-13(17-11)10-8(14)6-7-9(15-10)16-5/h6-7H,14H2,1-5H3. The number of hydrogen-bond donors (Lipinski definition) is 1. The summed E-state index contributed by atoms with van der Waals surface area (Å²) in [6.07, 6.45) is 0. The molecule has 0 bridgehead atoms. The van der Waals surface area contributed by atoms with Gasteiger partial charge in [0.25, 0.3) is 0 Å². The van der Waals surface area contributed by atoms with Crippen LogP contribution in [0.5, 0.6) is 5.88 Å². The number of ether oxygens (including phenoxy) is 1. The van der Waals surface area contributed by atoms with E-state index in [4.69, 9.17) is 19.8 Å². The summed E-state index contributed by atoms with van der Waals surface area (Å²) in [7, 11) is 0.997. The first-order valence-electron chi connectivity index (χ1n) is 5.93. The molecule has 18 heavy (non-hydrogen) atoms. The van der Waals surface area contributed by atoms with E-state index in [1.165, 1.54) is 0 Å². The summed E-state index contributed by atoms with van der Waals surface area (Å²) in [5.41, 5.74) is 6.21. The average molecular weight is 250 g/mol. The van der Waals surface area contributed by atoms with Gasteiger partial charge in [-0.25, -0.2) is 4.98 Å². The van der Waals surface area contributed by atoms with Crippen LogP contribution in [-0.4, -0.2) is 30.4 Å². The number of rotatable bonds is 2. The van der Waals surface area contributed by atoms with E-state index >= 15 is 0 Å². The van der Waals surface area contributed by atoms with Crippen molar-refractivity contribution in [2.24, 2.45) is 0 Å². The van der Waals surface area contributed by atoms with Gasteiger partial charge in [-0.3, -0.25) is 0 Å². The predicted octanol–water partition coefficient (Wildman–Crippen LogP) is 0.972. The fourth-order valence-corrected chi connectivity index (χ4v) is 1.72. The molecular weight excluding hydrogens is 231 g/mol. The van der Waals surface area contributed by atoms with Crippen molar-refractivity contribution < 1.29 is 14.0 Å². The Kier molecular flexibility index (Phi) is 3.03. The smallest absolute Gasteiger partial charge is 0.481 e. The number of hydrogen-bond acceptors (Lipinski definition) is 5. The van der Waals surface area contributed by atoms with E-state index < -0.39 is 18.3 Å². The number of nitrogens with two attached hydrogens (primary N) is 1. The maximum Gasteiger partial charge on any atom is 0.516 e. The summed E-state index contributed by atoms with van der Waals surface area (Å²) >= 11 is 0. The molecule has 0 saturated carbocycles. The molecule has 5 nitrogen and oxygen atoms in total. The topological polar surface area (TPSA) is 66.6 Å². The lowest BCUT2D eigenvalue weighted by Gasteiger charge is -2.32. The second-order valence-electron chi connectivity index (χ2n) is 5.42. The second kappa shape index (κ2) is 4.14. The van der Waals surface area contributed by atoms with Crippen LogP contribution in [0.4, 0.5) is 5.69 Å². The van der Waals surface area contributed by atoms with Crippen molar-refractivity contribution in [3.63, 3.8) is 0 Å². The van der Waals surface area contributed by atoms with Crippen LogP contribution in [0.1, 0.15) is 27.7 Å². The molecule has 0 radical (unpaired) electrons. The lowest BCUT2D eigenvalue weighted by atomic mass is 9.83. The Hall–Kier alpha value is -1.27. The van der Waals surface area contributed by atoms with E-state index in [0.717, 1.165) is 0 Å². The fraction of sp³-hybridized carbons (Fsp3) is 0.583. The third kappa shape index (κ3) is 2.06. The minimum absolute atomic E-state index is 0.408. The van der Waals surface area contributed by atoms with Crippen LogP contribution in [0.3, 0.4) is 0 Å². The van der Waals surface area contributed by atoms with Crippen LogP contribution >= 0.6 is 0 Å². The Morgan fingerprint density at radius 1 is 1.17 bits per heavy atom. The van der Waals surface area contributed by atoms with Crippen molar-refractivity contribution in [1.29, 1.82) is 0 Å². The maximum atomic E-state index is 5.92. The fourth-order valence-electron chi connectivity index (χ4n) is 1.72. The number of methoxy groups -OCH3 is 1. The third-order valence-electron chi connectivity index (χ3n) is 3.62. The second-order valence-corrected chi connectivity index (χ2v) is 5.42. The Labute approximate surface area is 108 Å².